The van der Waals surface area contributed by atoms with Crippen LogP contribution in [0.5, 0.6) is 0 Å². The molecule has 0 amide bonds. The first-order valence-corrected chi connectivity index (χ1v) is 8.30. The third kappa shape index (κ3) is 3.28. The van der Waals surface area contributed by atoms with Gasteiger partial charge in [-0.1, -0.05) is 36.4 Å². The lowest BCUT2D eigenvalue weighted by Crippen LogP contribution is -2.06. The molecule has 27 heavy (non-hydrogen) atoms. The summed E-state index contributed by atoms with van der Waals surface area (Å²) in [6, 6.07) is 16.2. The molecule has 0 aliphatic heterocycles. The van der Waals surface area contributed by atoms with Gasteiger partial charge in [0.2, 0.25) is 0 Å². The molecule has 9 heteroatoms. The number of hydrogen-bond acceptors (Lipinski definition) is 3. The molecular weight excluding hydrogens is 375 g/mol. The number of halogens is 3. The highest BCUT2D eigenvalue weighted by Gasteiger charge is 2.30. The van der Waals surface area contributed by atoms with E-state index in [9.17, 15) is 13.2 Å². The molecule has 0 radical (unpaired) electrons. The Morgan fingerprint density at radius 3 is 2.41 bits per heavy atom. The maximum atomic E-state index is 13.0. The quantitative estimate of drug-likeness (QED) is 0.486. The van der Waals surface area contributed by atoms with Crippen LogP contribution >= 0.6 is 12.2 Å². The van der Waals surface area contributed by atoms with Gasteiger partial charge in [0.05, 0.1) is 16.9 Å². The van der Waals surface area contributed by atoms with Crippen molar-refractivity contribution in [2.24, 2.45) is 0 Å². The van der Waals surface area contributed by atoms with Gasteiger partial charge < -0.3 is 0 Å². The van der Waals surface area contributed by atoms with Crippen molar-refractivity contribution in [1.82, 2.24) is 25.0 Å². The Morgan fingerprint density at radius 2 is 1.67 bits per heavy atom. The molecule has 0 fully saturated rings. The maximum absolute atomic E-state index is 13.0. The van der Waals surface area contributed by atoms with Crippen LogP contribution in [0, 0.1) is 4.77 Å². The Hall–Kier alpha value is -3.20. The molecule has 0 aliphatic carbocycles. The molecule has 2 N–H and O–H groups in total. The molecule has 0 bridgehead atoms. The topological polar surface area (TPSA) is 62.3 Å². The third-order valence-corrected chi connectivity index (χ3v) is 4.27. The zero-order valence-corrected chi connectivity index (χ0v) is 14.5. The van der Waals surface area contributed by atoms with Crippen LogP contribution < -0.4 is 0 Å². The Balaban J connectivity index is 1.80. The highest BCUT2D eigenvalue weighted by Crippen LogP contribution is 2.31. The summed E-state index contributed by atoms with van der Waals surface area (Å²) in [6.45, 7) is 0. The van der Waals surface area contributed by atoms with E-state index in [1.54, 1.807) is 12.1 Å². The van der Waals surface area contributed by atoms with Crippen LogP contribution in [-0.2, 0) is 6.18 Å². The maximum Gasteiger partial charge on any atom is 0.416 e. The second kappa shape index (κ2) is 6.51. The van der Waals surface area contributed by atoms with E-state index in [0.717, 1.165) is 17.7 Å². The lowest BCUT2D eigenvalue weighted by atomic mass is 10.1. The Kier molecular flexibility index (Phi) is 4.15. The number of aromatic amines is 2. The summed E-state index contributed by atoms with van der Waals surface area (Å²) >= 11 is 5.22. The lowest BCUT2D eigenvalue weighted by molar-refractivity contribution is -0.137. The number of nitrogens with one attached hydrogen (secondary N) is 2. The monoisotopic (exact) mass is 387 g/mol. The van der Waals surface area contributed by atoms with E-state index in [2.05, 4.69) is 20.4 Å². The minimum Gasteiger partial charge on any atom is -0.274 e. The predicted octanol–water partition coefficient (Wildman–Crippen LogP) is 5.01. The van der Waals surface area contributed by atoms with Gasteiger partial charge >= 0.3 is 6.18 Å². The molecule has 4 rings (SSSR count). The van der Waals surface area contributed by atoms with Crippen molar-refractivity contribution >= 4 is 12.2 Å². The fourth-order valence-corrected chi connectivity index (χ4v) is 2.97. The molecule has 2 heterocycles. The lowest BCUT2D eigenvalue weighted by Gasteiger charge is -2.10. The number of H-pyrrole nitrogens is 2. The average Bonchev–Trinajstić information content (AvgIpc) is 3.28. The minimum atomic E-state index is -4.45. The molecule has 2 aromatic carbocycles. The summed E-state index contributed by atoms with van der Waals surface area (Å²) in [4.78, 5) is 0. The molecule has 136 valence electrons. The van der Waals surface area contributed by atoms with Crippen molar-refractivity contribution in [2.75, 3.05) is 0 Å². The van der Waals surface area contributed by atoms with Crippen LogP contribution in [0.1, 0.15) is 5.56 Å². The number of rotatable bonds is 3. The zero-order valence-electron chi connectivity index (χ0n) is 13.7. The highest BCUT2D eigenvalue weighted by atomic mass is 32.1. The van der Waals surface area contributed by atoms with Crippen molar-refractivity contribution in [2.45, 2.75) is 6.18 Å². The van der Waals surface area contributed by atoms with E-state index in [-0.39, 0.29) is 10.5 Å². The molecule has 0 spiro atoms. The minimum absolute atomic E-state index is 0.181. The van der Waals surface area contributed by atoms with Crippen molar-refractivity contribution in [3.05, 3.63) is 71.0 Å². The Labute approximate surface area is 156 Å². The van der Waals surface area contributed by atoms with Crippen LogP contribution in [0.4, 0.5) is 13.2 Å². The van der Waals surface area contributed by atoms with Crippen molar-refractivity contribution in [3.63, 3.8) is 0 Å². The van der Waals surface area contributed by atoms with Gasteiger partial charge in [0, 0.05) is 5.56 Å². The van der Waals surface area contributed by atoms with E-state index in [4.69, 9.17) is 12.2 Å². The van der Waals surface area contributed by atoms with Crippen LogP contribution in [0.3, 0.4) is 0 Å². The smallest absolute Gasteiger partial charge is 0.274 e. The number of nitrogens with zero attached hydrogens (tertiary/aromatic N) is 3. The molecule has 2 aromatic heterocycles. The number of aromatic nitrogens is 5. The molecule has 0 saturated carbocycles. The fraction of sp³-hybridized carbons (Fsp3) is 0.0556. The van der Waals surface area contributed by atoms with E-state index in [0.29, 0.717) is 17.2 Å². The van der Waals surface area contributed by atoms with Gasteiger partial charge in [0.1, 0.15) is 5.69 Å². The SMILES string of the molecule is FC(F)(F)c1cccc(-n2c(-c3cc(-c4ccccc4)n[nH]3)n[nH]c2=S)c1. The van der Waals surface area contributed by atoms with Crippen molar-refractivity contribution < 1.29 is 13.2 Å². The fourth-order valence-electron chi connectivity index (χ4n) is 2.73. The van der Waals surface area contributed by atoms with Gasteiger partial charge in [0.15, 0.2) is 10.6 Å². The number of hydrogen-bond donors (Lipinski definition) is 2. The molecular formula is C18H12F3N5S. The number of benzene rings is 2. The normalized spacial score (nSPS) is 11.7. The predicted molar refractivity (Wildman–Crippen MR) is 96.8 cm³/mol. The summed E-state index contributed by atoms with van der Waals surface area (Å²) in [7, 11) is 0. The van der Waals surface area contributed by atoms with Crippen LogP contribution in [0.2, 0.25) is 0 Å². The molecule has 0 unspecified atom stereocenters. The molecule has 0 saturated heterocycles. The summed E-state index contributed by atoms with van der Waals surface area (Å²) in [6.07, 6.45) is -4.45. The summed E-state index contributed by atoms with van der Waals surface area (Å²) in [5.74, 6) is 0.342. The van der Waals surface area contributed by atoms with Crippen molar-refractivity contribution in [3.8, 4) is 28.5 Å². The first-order valence-electron chi connectivity index (χ1n) is 7.90. The average molecular weight is 387 g/mol. The van der Waals surface area contributed by atoms with Gasteiger partial charge in [-0.15, -0.1) is 0 Å². The van der Waals surface area contributed by atoms with E-state index in [1.165, 1.54) is 10.6 Å². The van der Waals surface area contributed by atoms with Gasteiger partial charge in [-0.25, -0.2) is 0 Å². The van der Waals surface area contributed by atoms with Gasteiger partial charge in [-0.3, -0.25) is 14.8 Å². The zero-order chi connectivity index (χ0) is 19.0. The molecule has 0 aliphatic rings. The second-order valence-corrected chi connectivity index (χ2v) is 6.16. The molecule has 5 nitrogen and oxygen atoms in total. The highest BCUT2D eigenvalue weighted by molar-refractivity contribution is 7.71. The van der Waals surface area contributed by atoms with Gasteiger partial charge in [0.25, 0.3) is 0 Å². The van der Waals surface area contributed by atoms with Crippen LogP contribution in [0.25, 0.3) is 28.5 Å². The van der Waals surface area contributed by atoms with Crippen molar-refractivity contribution in [1.29, 1.82) is 0 Å². The molecule has 0 atom stereocenters. The summed E-state index contributed by atoms with van der Waals surface area (Å²) < 4.78 is 40.8. The largest absolute Gasteiger partial charge is 0.416 e. The molecule has 4 aromatic rings. The van der Waals surface area contributed by atoms with Crippen LogP contribution in [-0.4, -0.2) is 25.0 Å². The van der Waals surface area contributed by atoms with Crippen LogP contribution in [0.15, 0.2) is 60.7 Å². The third-order valence-electron chi connectivity index (χ3n) is 3.99. The number of alkyl halides is 3. The second-order valence-electron chi connectivity index (χ2n) is 5.77. The standard InChI is InChI=1S/C18H12F3N5S/c19-18(20,21)12-7-4-8-13(9-12)26-16(24-25-17(26)27)15-10-14(22-23-15)11-5-2-1-3-6-11/h1-10H,(H,22,23)(H,25,27). The first kappa shape index (κ1) is 17.2. The van der Waals surface area contributed by atoms with E-state index >= 15 is 0 Å². The first-order chi connectivity index (χ1) is 12.9. The van der Waals surface area contributed by atoms with E-state index in [1.807, 2.05) is 30.3 Å². The summed E-state index contributed by atoms with van der Waals surface area (Å²) in [5.41, 5.74) is 1.62. The Morgan fingerprint density at radius 1 is 0.889 bits per heavy atom. The Bertz CT molecular complexity index is 1140. The van der Waals surface area contributed by atoms with E-state index < -0.39 is 11.7 Å². The van der Waals surface area contributed by atoms with Gasteiger partial charge in [-0.2, -0.15) is 23.4 Å². The van der Waals surface area contributed by atoms with Gasteiger partial charge in [-0.05, 0) is 36.5 Å². The summed E-state index contributed by atoms with van der Waals surface area (Å²) in [5, 5.41) is 13.9.